The van der Waals surface area contributed by atoms with E-state index in [1.165, 1.54) is 44.9 Å². The van der Waals surface area contributed by atoms with Crippen molar-refractivity contribution in [2.45, 2.75) is 84.4 Å². The van der Waals surface area contributed by atoms with E-state index in [1.54, 1.807) is 0 Å². The molecule has 1 nitrogen and oxygen atoms in total. The molecule has 0 rings (SSSR count). The van der Waals surface area contributed by atoms with Crippen molar-refractivity contribution in [2.24, 2.45) is 0 Å². The van der Waals surface area contributed by atoms with Gasteiger partial charge in [-0.2, -0.15) is 0 Å². The number of rotatable bonds is 9. The molecule has 15 heavy (non-hydrogen) atoms. The van der Waals surface area contributed by atoms with Crippen LogP contribution in [0.15, 0.2) is 0 Å². The van der Waals surface area contributed by atoms with Crippen LogP contribution in [0, 0.1) is 0 Å². The highest BCUT2D eigenvalue weighted by Gasteiger charge is 2.29. The van der Waals surface area contributed by atoms with E-state index in [2.05, 4.69) is 33.9 Å². The van der Waals surface area contributed by atoms with E-state index in [-0.39, 0.29) is 5.60 Å². The highest BCUT2D eigenvalue weighted by atomic mass is 28.3. The molecule has 0 spiro atoms. The van der Waals surface area contributed by atoms with Crippen molar-refractivity contribution in [1.29, 1.82) is 0 Å². The third-order valence-electron chi connectivity index (χ3n) is 2.82. The predicted molar refractivity (Wildman–Crippen MR) is 70.6 cm³/mol. The van der Waals surface area contributed by atoms with Gasteiger partial charge in [-0.3, -0.25) is 0 Å². The summed E-state index contributed by atoms with van der Waals surface area (Å²) in [7, 11) is -0.565. The molecule has 0 heterocycles. The summed E-state index contributed by atoms with van der Waals surface area (Å²) < 4.78 is 6.32. The standard InChI is InChI=1S/C13H29OSi/c1-6-9-12-13(10-7-2,11-8-3)14-15(4)5/h6-12H2,1-5H3. The molecule has 0 aromatic rings. The Balaban J connectivity index is 4.40. The molecule has 0 saturated carbocycles. The van der Waals surface area contributed by atoms with E-state index in [9.17, 15) is 0 Å². The summed E-state index contributed by atoms with van der Waals surface area (Å²) in [6.45, 7) is 11.3. The fraction of sp³-hybridized carbons (Fsp3) is 1.00. The Morgan fingerprint density at radius 2 is 1.40 bits per heavy atom. The first-order valence-corrected chi connectivity index (χ1v) is 9.00. The topological polar surface area (TPSA) is 9.23 Å². The summed E-state index contributed by atoms with van der Waals surface area (Å²) >= 11 is 0. The summed E-state index contributed by atoms with van der Waals surface area (Å²) in [4.78, 5) is 0. The summed E-state index contributed by atoms with van der Waals surface area (Å²) in [5.74, 6) is 0. The molecule has 0 unspecified atom stereocenters. The van der Waals surface area contributed by atoms with Gasteiger partial charge in [-0.25, -0.2) is 0 Å². The Kier molecular flexibility index (Phi) is 8.44. The third kappa shape index (κ3) is 6.36. The molecule has 0 aliphatic rings. The maximum atomic E-state index is 6.32. The molecular formula is C13H29OSi. The van der Waals surface area contributed by atoms with Gasteiger partial charge < -0.3 is 4.43 Å². The fourth-order valence-electron chi connectivity index (χ4n) is 2.37. The van der Waals surface area contributed by atoms with E-state index in [4.69, 9.17) is 4.43 Å². The zero-order valence-electron chi connectivity index (χ0n) is 11.4. The lowest BCUT2D eigenvalue weighted by molar-refractivity contribution is 0.0364. The molecule has 0 aromatic heterocycles. The second-order valence-electron chi connectivity index (χ2n) is 4.80. The molecule has 0 aromatic carbocycles. The van der Waals surface area contributed by atoms with Crippen LogP contribution < -0.4 is 0 Å². The van der Waals surface area contributed by atoms with Crippen LogP contribution in [0.3, 0.4) is 0 Å². The van der Waals surface area contributed by atoms with Crippen molar-refractivity contribution in [3.8, 4) is 0 Å². The zero-order chi connectivity index (χ0) is 11.7. The Morgan fingerprint density at radius 3 is 1.73 bits per heavy atom. The minimum absolute atomic E-state index is 0.220. The first kappa shape index (κ1) is 15.2. The van der Waals surface area contributed by atoms with E-state index >= 15 is 0 Å². The first-order chi connectivity index (χ1) is 7.10. The fourth-order valence-corrected chi connectivity index (χ4v) is 3.54. The van der Waals surface area contributed by atoms with Gasteiger partial charge in [0.1, 0.15) is 0 Å². The van der Waals surface area contributed by atoms with Crippen molar-refractivity contribution in [1.82, 2.24) is 0 Å². The van der Waals surface area contributed by atoms with E-state index in [0.29, 0.717) is 0 Å². The Morgan fingerprint density at radius 1 is 0.867 bits per heavy atom. The van der Waals surface area contributed by atoms with Crippen LogP contribution in [0.4, 0.5) is 0 Å². The Hall–Kier alpha value is 0.177. The van der Waals surface area contributed by atoms with Crippen LogP contribution in [-0.2, 0) is 4.43 Å². The molecule has 0 saturated heterocycles. The monoisotopic (exact) mass is 229 g/mol. The highest BCUT2D eigenvalue weighted by molar-refractivity contribution is 6.48. The predicted octanol–water partition coefficient (Wildman–Crippen LogP) is 4.78. The smallest absolute Gasteiger partial charge is 0.205 e. The van der Waals surface area contributed by atoms with Crippen molar-refractivity contribution in [3.05, 3.63) is 0 Å². The molecule has 0 atom stereocenters. The lowest BCUT2D eigenvalue weighted by Gasteiger charge is -2.36. The minimum Gasteiger partial charge on any atom is -0.412 e. The van der Waals surface area contributed by atoms with Crippen LogP contribution in [0.1, 0.15) is 65.7 Å². The molecule has 1 radical (unpaired) electrons. The largest absolute Gasteiger partial charge is 0.412 e. The molecular weight excluding hydrogens is 200 g/mol. The van der Waals surface area contributed by atoms with Crippen molar-refractivity contribution < 1.29 is 4.43 Å². The van der Waals surface area contributed by atoms with Crippen molar-refractivity contribution in [2.75, 3.05) is 0 Å². The average Bonchev–Trinajstić information content (AvgIpc) is 2.14. The van der Waals surface area contributed by atoms with Gasteiger partial charge >= 0.3 is 0 Å². The van der Waals surface area contributed by atoms with Gasteiger partial charge in [0, 0.05) is 0 Å². The number of unbranched alkanes of at least 4 members (excludes halogenated alkanes) is 1. The molecule has 0 N–H and O–H groups in total. The Labute approximate surface area is 98.3 Å². The molecule has 0 amide bonds. The minimum atomic E-state index is -0.565. The van der Waals surface area contributed by atoms with Crippen molar-refractivity contribution >= 4 is 9.04 Å². The van der Waals surface area contributed by atoms with E-state index in [0.717, 1.165) is 0 Å². The highest BCUT2D eigenvalue weighted by Crippen LogP contribution is 2.31. The normalized spacial score (nSPS) is 12.4. The number of hydrogen-bond donors (Lipinski definition) is 0. The summed E-state index contributed by atoms with van der Waals surface area (Å²) in [6.07, 6.45) is 8.86. The van der Waals surface area contributed by atoms with Crippen molar-refractivity contribution in [3.63, 3.8) is 0 Å². The summed E-state index contributed by atoms with van der Waals surface area (Å²) in [6, 6.07) is 0. The lowest BCUT2D eigenvalue weighted by atomic mass is 9.87. The SMILES string of the molecule is CCCCC(CCC)(CCC)O[Si](C)C. The molecule has 0 aliphatic carbocycles. The van der Waals surface area contributed by atoms with Crippen LogP contribution in [0.25, 0.3) is 0 Å². The average molecular weight is 229 g/mol. The van der Waals surface area contributed by atoms with Gasteiger partial charge in [0.15, 0.2) is 0 Å². The molecule has 91 valence electrons. The molecule has 0 fully saturated rings. The van der Waals surface area contributed by atoms with Gasteiger partial charge in [0.2, 0.25) is 9.04 Å². The molecule has 0 bridgehead atoms. The van der Waals surface area contributed by atoms with Gasteiger partial charge in [0.25, 0.3) is 0 Å². The van der Waals surface area contributed by atoms with Crippen LogP contribution >= 0.6 is 0 Å². The van der Waals surface area contributed by atoms with Crippen LogP contribution in [0.2, 0.25) is 13.1 Å². The molecule has 2 heteroatoms. The van der Waals surface area contributed by atoms with Crippen LogP contribution in [0.5, 0.6) is 0 Å². The van der Waals surface area contributed by atoms with Gasteiger partial charge in [0.05, 0.1) is 5.60 Å². The second kappa shape index (κ2) is 8.34. The quantitative estimate of drug-likeness (QED) is 0.517. The third-order valence-corrected chi connectivity index (χ3v) is 3.66. The maximum Gasteiger partial charge on any atom is 0.205 e. The first-order valence-electron chi connectivity index (χ1n) is 6.59. The van der Waals surface area contributed by atoms with Crippen LogP contribution in [-0.4, -0.2) is 14.6 Å². The second-order valence-corrected chi connectivity index (χ2v) is 6.82. The summed E-state index contributed by atoms with van der Waals surface area (Å²) in [5.41, 5.74) is 0.220. The Bertz CT molecular complexity index is 139. The van der Waals surface area contributed by atoms with E-state index in [1.807, 2.05) is 0 Å². The maximum absolute atomic E-state index is 6.32. The van der Waals surface area contributed by atoms with Gasteiger partial charge in [-0.1, -0.05) is 46.5 Å². The van der Waals surface area contributed by atoms with Gasteiger partial charge in [-0.15, -0.1) is 0 Å². The van der Waals surface area contributed by atoms with Gasteiger partial charge in [-0.05, 0) is 32.4 Å². The lowest BCUT2D eigenvalue weighted by Crippen LogP contribution is -2.36. The molecule has 0 aliphatic heterocycles. The summed E-state index contributed by atoms with van der Waals surface area (Å²) in [5, 5.41) is 0. The number of hydrogen-bond acceptors (Lipinski definition) is 1. The van der Waals surface area contributed by atoms with E-state index < -0.39 is 9.04 Å². The zero-order valence-corrected chi connectivity index (χ0v) is 12.4.